The minimum absolute atomic E-state index is 0. The molecule has 0 rings (SSSR count). The van der Waals surface area contributed by atoms with Gasteiger partial charge in [-0.2, -0.15) is 0 Å². The predicted molar refractivity (Wildman–Crippen MR) is 71.7 cm³/mol. The Balaban J connectivity index is 0. The monoisotopic (exact) mass is 786 g/mol. The molecule has 2 radical (unpaired) electrons. The van der Waals surface area contributed by atoms with Crippen LogP contribution >= 0.6 is 0 Å². The summed E-state index contributed by atoms with van der Waals surface area (Å²) in [5.41, 5.74) is 0. The van der Waals surface area contributed by atoms with Crippen LogP contribution < -0.4 is 161 Å². The second kappa shape index (κ2) is 2060. The van der Waals surface area contributed by atoms with Crippen LogP contribution in [0.5, 0.6) is 0 Å². The molecule has 0 saturated heterocycles. The Morgan fingerprint density at radius 2 is 0.200 bits per heavy atom. The maximum Gasteiger partial charge on any atom is 5.00 e. The van der Waals surface area contributed by atoms with Crippen LogP contribution in [0.3, 0.4) is 0 Å². The molecular weight excluding hydrogens is 744 g/mol. The summed E-state index contributed by atoms with van der Waals surface area (Å²) in [6, 6.07) is 0. The molecule has 0 heterocycles. The Morgan fingerprint density at radius 1 is 0.200 bits per heavy atom. The Bertz CT molecular complexity index is 40.5. The minimum Gasteiger partial charge on any atom is -2.00 e. The summed E-state index contributed by atoms with van der Waals surface area (Å²) in [5, 5.41) is 0. The van der Waals surface area contributed by atoms with Crippen molar-refractivity contribution in [1.29, 1.82) is 0 Å². The number of rotatable bonds is 0. The van der Waals surface area contributed by atoms with Crippen LogP contribution in [0.2, 0.25) is 0 Å². The average Bonchev–Trinajstić information content (AvgIpc) is 0. The van der Waals surface area contributed by atoms with Crippen molar-refractivity contribution in [3.63, 3.8) is 0 Å². The Kier molecular flexibility index (Phi) is 190000. The zero-order valence-corrected chi connectivity index (χ0v) is 23.8. The predicted octanol–water partition coefficient (Wildman–Crippen LogP) is -16.0. The first-order valence-electron chi connectivity index (χ1n) is 0. The molecule has 25 heavy (non-hydrogen) atoms. The van der Waals surface area contributed by atoms with Gasteiger partial charge in [-0.25, -0.2) is 0 Å². The van der Waals surface area contributed by atoms with Crippen LogP contribution in [-0.2, 0) is 69.4 Å². The topological polar surface area (TPSA) is 547 Å². The maximum absolute atomic E-state index is 0. The molecule has 0 bridgehead atoms. The standard InChI is InChI=1S/6ClH.14H3N.2O.3Ru/h6*1H;14*1H3;;;;;/q;;;;;;;;;;;;;;;;;;;;2*-2;;2*+5/p-6. The zero-order valence-electron chi connectivity index (χ0n) is 14.0. The second-order valence-corrected chi connectivity index (χ2v) is 0. The molecular formula is H42Cl6N14O2Ru3. The van der Waals surface area contributed by atoms with Crippen molar-refractivity contribution in [3.8, 4) is 0 Å². The van der Waals surface area contributed by atoms with Gasteiger partial charge in [0.2, 0.25) is 0 Å². The van der Waals surface area contributed by atoms with E-state index in [1.54, 1.807) is 0 Å². The van der Waals surface area contributed by atoms with Gasteiger partial charge >= 0.3 is 39.0 Å². The molecule has 0 aliphatic heterocycles. The first kappa shape index (κ1) is 2310. The molecule has 0 aromatic heterocycles. The van der Waals surface area contributed by atoms with E-state index >= 15 is 0 Å². The van der Waals surface area contributed by atoms with Crippen molar-refractivity contribution in [1.82, 2.24) is 86.1 Å². The van der Waals surface area contributed by atoms with Crippen molar-refractivity contribution in [3.05, 3.63) is 0 Å². The van der Waals surface area contributed by atoms with Gasteiger partial charge in [-0.1, -0.05) is 0 Å². The summed E-state index contributed by atoms with van der Waals surface area (Å²) < 4.78 is 0. The van der Waals surface area contributed by atoms with Crippen LogP contribution in [0.1, 0.15) is 0 Å². The van der Waals surface area contributed by atoms with Crippen LogP contribution in [-0.4, -0.2) is 0 Å². The van der Waals surface area contributed by atoms with E-state index in [2.05, 4.69) is 0 Å². The molecule has 0 aliphatic rings. The average molecular weight is 786 g/mol. The van der Waals surface area contributed by atoms with Crippen molar-refractivity contribution >= 4 is 0 Å². The van der Waals surface area contributed by atoms with Gasteiger partial charge in [0.15, 0.2) is 0 Å². The van der Waals surface area contributed by atoms with E-state index < -0.39 is 0 Å². The van der Waals surface area contributed by atoms with Gasteiger partial charge in [0, 0.05) is 19.5 Å². The fraction of sp³-hybridized carbons (Fsp3) is 0. The van der Waals surface area contributed by atoms with E-state index in [4.69, 9.17) is 0 Å². The van der Waals surface area contributed by atoms with E-state index in [1.165, 1.54) is 0 Å². The number of hydrogen-bond acceptors (Lipinski definition) is 14. The Morgan fingerprint density at radius 3 is 0.200 bits per heavy atom. The molecule has 0 aromatic carbocycles. The van der Waals surface area contributed by atoms with Crippen LogP contribution in [0.4, 0.5) is 0 Å². The molecule has 0 fully saturated rings. The molecule has 42 N–H and O–H groups in total. The van der Waals surface area contributed by atoms with Gasteiger partial charge in [-0.15, -0.1) is 0 Å². The quantitative estimate of drug-likeness (QED) is 0.101. The van der Waals surface area contributed by atoms with Gasteiger partial charge < -0.3 is 172 Å². The summed E-state index contributed by atoms with van der Waals surface area (Å²) in [4.78, 5) is 0. The summed E-state index contributed by atoms with van der Waals surface area (Å²) in [5.74, 6) is 0. The van der Waals surface area contributed by atoms with Gasteiger partial charge in [-0.05, 0) is 0 Å². The number of halogens is 6. The van der Waals surface area contributed by atoms with Crippen molar-refractivity contribution in [2.24, 2.45) is 0 Å². The molecule has 0 unspecified atom stereocenters. The first-order valence-corrected chi connectivity index (χ1v) is 0. The molecule has 0 saturated carbocycles. The number of hydrogen-bond donors (Lipinski definition) is 14. The largest absolute Gasteiger partial charge is 5.00 e. The summed E-state index contributed by atoms with van der Waals surface area (Å²) in [6.45, 7) is 0. The van der Waals surface area contributed by atoms with Gasteiger partial charge in [0.05, 0.1) is 0 Å². The summed E-state index contributed by atoms with van der Waals surface area (Å²) >= 11 is 0. The Labute approximate surface area is 228 Å². The molecule has 0 aromatic rings. The van der Waals surface area contributed by atoms with E-state index in [0.717, 1.165) is 0 Å². The van der Waals surface area contributed by atoms with Crippen molar-refractivity contribution < 1.29 is 144 Å². The fourth-order valence-electron chi connectivity index (χ4n) is 0. The third-order valence-corrected chi connectivity index (χ3v) is 0. The maximum atomic E-state index is 0. The molecule has 0 aliphatic carbocycles. The Hall–Kier alpha value is 2.97. The summed E-state index contributed by atoms with van der Waals surface area (Å²) in [7, 11) is 0. The molecule has 16 nitrogen and oxygen atoms in total. The smallest absolute Gasteiger partial charge is 2.00 e. The molecule has 0 amide bonds. The normalized spacial score (nSPS) is 0. The van der Waals surface area contributed by atoms with E-state index in [-0.39, 0.29) is 230 Å². The van der Waals surface area contributed by atoms with E-state index in [1.807, 2.05) is 0 Å². The third-order valence-electron chi connectivity index (χ3n) is 0. The van der Waals surface area contributed by atoms with Gasteiger partial charge in [0.1, 0.15) is 0 Å². The first-order chi connectivity index (χ1) is 0. The molecule has 190 valence electrons. The van der Waals surface area contributed by atoms with Gasteiger partial charge in [0.25, 0.3) is 0 Å². The molecule has 25 heteroatoms. The zero-order chi connectivity index (χ0) is 0. The summed E-state index contributed by atoms with van der Waals surface area (Å²) in [6.07, 6.45) is 0. The molecule has 0 atom stereocenters. The SMILES string of the molecule is N.N.N.N.N.N.N.N.N.N.N.N.N.N.[Cl-].[Cl-].[Cl-].[Cl-].[Cl-].[Cl-].[O-2].[O-2].[Ru+5].[Ru+5].[Ru]. The van der Waals surface area contributed by atoms with E-state index in [0.29, 0.717) is 0 Å². The third kappa shape index (κ3) is 1910. The van der Waals surface area contributed by atoms with Gasteiger partial charge in [-0.3, -0.25) is 0 Å². The second-order valence-electron chi connectivity index (χ2n) is 0. The fourth-order valence-corrected chi connectivity index (χ4v) is 0. The molecule has 0 spiro atoms. The van der Waals surface area contributed by atoms with Crippen LogP contribution in [0, 0.1) is 0 Å². The van der Waals surface area contributed by atoms with Crippen LogP contribution in [0.25, 0.3) is 0 Å². The van der Waals surface area contributed by atoms with Crippen molar-refractivity contribution in [2.45, 2.75) is 0 Å². The minimum atomic E-state index is 0. The van der Waals surface area contributed by atoms with E-state index in [9.17, 15) is 0 Å². The van der Waals surface area contributed by atoms with Crippen molar-refractivity contribution in [2.75, 3.05) is 0 Å². The van der Waals surface area contributed by atoms with Crippen LogP contribution in [0.15, 0.2) is 0 Å².